The van der Waals surface area contributed by atoms with E-state index in [0.717, 1.165) is 8.95 Å². The number of nitrogens with one attached hydrogen (secondary N) is 2. The summed E-state index contributed by atoms with van der Waals surface area (Å²) < 4.78 is 7.31. The van der Waals surface area contributed by atoms with E-state index in [2.05, 4.69) is 55.5 Å². The van der Waals surface area contributed by atoms with Gasteiger partial charge < -0.3 is 15.4 Å². The predicted molar refractivity (Wildman–Crippen MR) is 97.1 cm³/mol. The molecule has 0 radical (unpaired) electrons. The van der Waals surface area contributed by atoms with Crippen LogP contribution in [0.15, 0.2) is 27.1 Å². The Labute approximate surface area is 149 Å². The van der Waals surface area contributed by atoms with Crippen molar-refractivity contribution in [1.82, 2.24) is 10.6 Å². The van der Waals surface area contributed by atoms with Gasteiger partial charge in [0.25, 0.3) is 0 Å². The van der Waals surface area contributed by atoms with E-state index in [4.69, 9.17) is 4.74 Å². The molecule has 0 saturated heterocycles. The van der Waals surface area contributed by atoms with Gasteiger partial charge in [-0.25, -0.2) is 4.79 Å². The van der Waals surface area contributed by atoms with E-state index in [1.807, 2.05) is 39.8 Å². The molecule has 0 aromatic heterocycles. The van der Waals surface area contributed by atoms with Crippen LogP contribution in [0.25, 0.3) is 0 Å². The first-order valence-corrected chi connectivity index (χ1v) is 8.85. The molecular formula is C16H24Br2N2O2. The Morgan fingerprint density at radius 2 is 1.91 bits per heavy atom. The Hall–Kier alpha value is -0.590. The van der Waals surface area contributed by atoms with Crippen molar-refractivity contribution in [2.45, 2.75) is 52.3 Å². The van der Waals surface area contributed by atoms with Crippen LogP contribution in [0.3, 0.4) is 0 Å². The van der Waals surface area contributed by atoms with Gasteiger partial charge in [0.15, 0.2) is 0 Å². The highest BCUT2D eigenvalue weighted by molar-refractivity contribution is 9.11. The smallest absolute Gasteiger partial charge is 0.407 e. The van der Waals surface area contributed by atoms with Crippen LogP contribution < -0.4 is 10.6 Å². The number of carbonyl (C=O) groups excluding carboxylic acids is 1. The van der Waals surface area contributed by atoms with Gasteiger partial charge >= 0.3 is 6.09 Å². The summed E-state index contributed by atoms with van der Waals surface area (Å²) in [7, 11) is 0. The summed E-state index contributed by atoms with van der Waals surface area (Å²) in [5, 5.41) is 6.24. The number of hydrogen-bond donors (Lipinski definition) is 2. The molecule has 6 heteroatoms. The zero-order chi connectivity index (χ0) is 16.9. The van der Waals surface area contributed by atoms with Gasteiger partial charge in [-0.2, -0.15) is 0 Å². The molecule has 0 aliphatic rings. The van der Waals surface area contributed by atoms with Gasteiger partial charge in [0.2, 0.25) is 0 Å². The SMILES string of the molecule is CC(CNC(=O)OC(C)(C)C)NC(C)c1ccc(Br)cc1Br. The second-order valence-electron chi connectivity index (χ2n) is 6.34. The normalized spacial score (nSPS) is 14.3. The molecule has 1 amide bonds. The predicted octanol–water partition coefficient (Wildman–Crippen LogP) is 4.78. The Balaban J connectivity index is 2.47. The number of alkyl carbamates (subject to hydrolysis) is 1. The van der Waals surface area contributed by atoms with Gasteiger partial charge in [-0.1, -0.05) is 37.9 Å². The van der Waals surface area contributed by atoms with Crippen LogP contribution in [0.2, 0.25) is 0 Å². The molecule has 2 N–H and O–H groups in total. The molecule has 0 bridgehead atoms. The monoisotopic (exact) mass is 434 g/mol. The second kappa shape index (κ2) is 8.31. The Bertz CT molecular complexity index is 515. The zero-order valence-corrected chi connectivity index (χ0v) is 16.8. The van der Waals surface area contributed by atoms with Crippen LogP contribution in [0.4, 0.5) is 4.79 Å². The van der Waals surface area contributed by atoms with Crippen molar-refractivity contribution in [3.63, 3.8) is 0 Å². The lowest BCUT2D eigenvalue weighted by Gasteiger charge is -2.23. The quantitative estimate of drug-likeness (QED) is 0.699. The van der Waals surface area contributed by atoms with Gasteiger partial charge in [-0.3, -0.25) is 0 Å². The second-order valence-corrected chi connectivity index (χ2v) is 8.11. The highest BCUT2D eigenvalue weighted by atomic mass is 79.9. The highest BCUT2D eigenvalue weighted by Gasteiger charge is 2.17. The molecule has 0 heterocycles. The van der Waals surface area contributed by atoms with Crippen molar-refractivity contribution in [3.8, 4) is 0 Å². The minimum absolute atomic E-state index is 0.123. The van der Waals surface area contributed by atoms with E-state index in [-0.39, 0.29) is 12.1 Å². The Morgan fingerprint density at radius 3 is 2.45 bits per heavy atom. The molecule has 2 atom stereocenters. The van der Waals surface area contributed by atoms with Crippen molar-refractivity contribution < 1.29 is 9.53 Å². The first-order valence-electron chi connectivity index (χ1n) is 7.26. The van der Waals surface area contributed by atoms with Crippen LogP contribution in [-0.4, -0.2) is 24.3 Å². The first-order chi connectivity index (χ1) is 10.1. The third kappa shape index (κ3) is 7.11. The lowest BCUT2D eigenvalue weighted by Crippen LogP contribution is -2.42. The fourth-order valence-corrected chi connectivity index (χ4v) is 3.37. The summed E-state index contributed by atoms with van der Waals surface area (Å²) in [4.78, 5) is 11.6. The number of ether oxygens (including phenoxy) is 1. The molecule has 124 valence electrons. The molecule has 0 spiro atoms. The largest absolute Gasteiger partial charge is 0.444 e. The zero-order valence-electron chi connectivity index (χ0n) is 13.7. The van der Waals surface area contributed by atoms with Crippen LogP contribution in [0.5, 0.6) is 0 Å². The number of benzene rings is 1. The van der Waals surface area contributed by atoms with Gasteiger partial charge in [0.1, 0.15) is 5.60 Å². The summed E-state index contributed by atoms with van der Waals surface area (Å²) in [6.45, 7) is 10.2. The maximum absolute atomic E-state index is 11.6. The molecule has 22 heavy (non-hydrogen) atoms. The fraction of sp³-hybridized carbons (Fsp3) is 0.562. The lowest BCUT2D eigenvalue weighted by atomic mass is 10.1. The third-order valence-corrected chi connectivity index (χ3v) is 4.09. The van der Waals surface area contributed by atoms with Crippen LogP contribution >= 0.6 is 31.9 Å². The van der Waals surface area contributed by atoms with Gasteiger partial charge in [0.05, 0.1) is 0 Å². The minimum atomic E-state index is -0.476. The molecule has 0 saturated carbocycles. The van der Waals surface area contributed by atoms with Crippen molar-refractivity contribution in [2.75, 3.05) is 6.54 Å². The summed E-state index contributed by atoms with van der Waals surface area (Å²) in [6.07, 6.45) is -0.390. The van der Waals surface area contributed by atoms with E-state index in [9.17, 15) is 4.79 Å². The summed E-state index contributed by atoms with van der Waals surface area (Å²) in [5.41, 5.74) is 0.698. The Kier molecular flexibility index (Phi) is 7.35. The molecule has 2 unspecified atom stereocenters. The van der Waals surface area contributed by atoms with Crippen molar-refractivity contribution in [2.24, 2.45) is 0 Å². The molecule has 1 aromatic carbocycles. The summed E-state index contributed by atoms with van der Waals surface area (Å²) >= 11 is 7.02. The number of hydrogen-bond acceptors (Lipinski definition) is 3. The standard InChI is InChI=1S/C16H24Br2N2O2/c1-10(9-19-15(21)22-16(3,4)5)20-11(2)13-7-6-12(17)8-14(13)18/h6-8,10-11,20H,9H2,1-5H3,(H,19,21). The summed E-state index contributed by atoms with van der Waals surface area (Å²) in [5.74, 6) is 0. The van der Waals surface area contributed by atoms with Crippen molar-refractivity contribution >= 4 is 38.0 Å². The lowest BCUT2D eigenvalue weighted by molar-refractivity contribution is 0.0522. The molecule has 0 aliphatic heterocycles. The van der Waals surface area contributed by atoms with Crippen molar-refractivity contribution in [3.05, 3.63) is 32.7 Å². The average Bonchev–Trinajstić information content (AvgIpc) is 2.34. The van der Waals surface area contributed by atoms with Crippen LogP contribution in [0.1, 0.15) is 46.2 Å². The molecule has 1 aromatic rings. The molecule has 1 rings (SSSR count). The molecular weight excluding hydrogens is 412 g/mol. The maximum Gasteiger partial charge on any atom is 0.407 e. The summed E-state index contributed by atoms with van der Waals surface area (Å²) in [6, 6.07) is 6.40. The third-order valence-electron chi connectivity index (χ3n) is 2.91. The molecule has 4 nitrogen and oxygen atoms in total. The number of carbonyl (C=O) groups is 1. The highest BCUT2D eigenvalue weighted by Crippen LogP contribution is 2.26. The number of rotatable bonds is 5. The molecule has 0 aliphatic carbocycles. The van der Waals surface area contributed by atoms with E-state index in [0.29, 0.717) is 6.54 Å². The molecule has 0 fully saturated rings. The average molecular weight is 436 g/mol. The van der Waals surface area contributed by atoms with Crippen LogP contribution in [0, 0.1) is 0 Å². The first kappa shape index (κ1) is 19.5. The van der Waals surface area contributed by atoms with E-state index < -0.39 is 11.7 Å². The van der Waals surface area contributed by atoms with Gasteiger partial charge in [-0.05, 0) is 52.3 Å². The minimum Gasteiger partial charge on any atom is -0.444 e. The van der Waals surface area contributed by atoms with Crippen LogP contribution in [-0.2, 0) is 4.74 Å². The van der Waals surface area contributed by atoms with Gasteiger partial charge in [0, 0.05) is 27.6 Å². The van der Waals surface area contributed by atoms with E-state index >= 15 is 0 Å². The topological polar surface area (TPSA) is 50.4 Å². The van der Waals surface area contributed by atoms with E-state index in [1.165, 1.54) is 5.56 Å². The fourth-order valence-electron chi connectivity index (χ4n) is 1.98. The number of halogens is 2. The van der Waals surface area contributed by atoms with E-state index in [1.54, 1.807) is 0 Å². The van der Waals surface area contributed by atoms with Crippen molar-refractivity contribution in [1.29, 1.82) is 0 Å². The van der Waals surface area contributed by atoms with Gasteiger partial charge in [-0.15, -0.1) is 0 Å². The Morgan fingerprint density at radius 1 is 1.27 bits per heavy atom. The maximum atomic E-state index is 11.6. The number of amides is 1.